The number of benzene rings is 1. The standard InChI is InChI=1S/C21H21ClF2N4O6S/c1-33-21(32)26-14(10-25-18(30)15-6-7-16(22)35-15)19(31)28(20(23)24)13-4-2-12(3-5-13)27-8-9-34-11-17(27)29/h2-7,14,20H,8-11H2,1H3,(H,25,30)(H,26,32)/t14-/m1/s1. The summed E-state index contributed by atoms with van der Waals surface area (Å²) in [6, 6.07) is 6.74. The number of methoxy groups -OCH3 is 1. The Hall–Kier alpha value is -3.29. The van der Waals surface area contributed by atoms with Crippen molar-refractivity contribution in [3.63, 3.8) is 0 Å². The molecule has 188 valence electrons. The van der Waals surface area contributed by atoms with Crippen LogP contribution in [0.5, 0.6) is 0 Å². The number of alkyl carbamates (subject to hydrolysis) is 1. The van der Waals surface area contributed by atoms with Crippen LogP contribution in [0.25, 0.3) is 0 Å². The zero-order valence-electron chi connectivity index (χ0n) is 18.3. The first-order valence-electron chi connectivity index (χ1n) is 10.2. The van der Waals surface area contributed by atoms with Gasteiger partial charge in [0.1, 0.15) is 12.6 Å². The van der Waals surface area contributed by atoms with Crippen molar-refractivity contribution in [3.05, 3.63) is 45.6 Å². The zero-order chi connectivity index (χ0) is 25.5. The molecule has 0 spiro atoms. The van der Waals surface area contributed by atoms with Gasteiger partial charge in [0.25, 0.3) is 17.7 Å². The largest absolute Gasteiger partial charge is 0.453 e. The van der Waals surface area contributed by atoms with Crippen LogP contribution in [-0.2, 0) is 19.1 Å². The lowest BCUT2D eigenvalue weighted by atomic mass is 10.2. The van der Waals surface area contributed by atoms with Crippen LogP contribution in [0.1, 0.15) is 9.67 Å². The van der Waals surface area contributed by atoms with Crippen molar-refractivity contribution in [3.8, 4) is 0 Å². The lowest BCUT2D eigenvalue weighted by Gasteiger charge is -2.29. The molecule has 1 aromatic heterocycles. The number of halogens is 3. The predicted octanol–water partition coefficient (Wildman–Crippen LogP) is 2.47. The third-order valence-corrected chi connectivity index (χ3v) is 6.13. The molecule has 4 amide bonds. The maximum atomic E-state index is 14.0. The number of rotatable bonds is 8. The van der Waals surface area contributed by atoms with Crippen molar-refractivity contribution in [1.29, 1.82) is 0 Å². The Morgan fingerprint density at radius 3 is 2.51 bits per heavy atom. The van der Waals surface area contributed by atoms with Gasteiger partial charge in [-0.1, -0.05) is 11.6 Å². The Bertz CT molecular complexity index is 1080. The highest BCUT2D eigenvalue weighted by molar-refractivity contribution is 7.18. The van der Waals surface area contributed by atoms with Gasteiger partial charge in [-0.25, -0.2) is 4.79 Å². The second kappa shape index (κ2) is 11.9. The van der Waals surface area contributed by atoms with Crippen LogP contribution in [0.4, 0.5) is 25.0 Å². The van der Waals surface area contributed by atoms with E-state index in [9.17, 15) is 28.0 Å². The van der Waals surface area contributed by atoms with Crippen molar-refractivity contribution in [2.75, 3.05) is 43.2 Å². The van der Waals surface area contributed by atoms with E-state index in [0.29, 0.717) is 23.2 Å². The molecule has 1 aliphatic heterocycles. The number of nitrogens with zero attached hydrogens (tertiary/aromatic N) is 2. The first-order valence-corrected chi connectivity index (χ1v) is 11.4. The van der Waals surface area contributed by atoms with Gasteiger partial charge in [0, 0.05) is 24.5 Å². The Labute approximate surface area is 207 Å². The minimum atomic E-state index is -3.27. The van der Waals surface area contributed by atoms with Crippen LogP contribution < -0.4 is 20.4 Å². The molecule has 2 N–H and O–H groups in total. The van der Waals surface area contributed by atoms with Gasteiger partial charge in [0.2, 0.25) is 0 Å². The normalized spacial score (nSPS) is 14.4. The molecule has 14 heteroatoms. The van der Waals surface area contributed by atoms with E-state index < -0.39 is 37.0 Å². The summed E-state index contributed by atoms with van der Waals surface area (Å²) in [5, 5.41) is 4.58. The fourth-order valence-corrected chi connectivity index (χ4v) is 4.17. The summed E-state index contributed by atoms with van der Waals surface area (Å²) in [4.78, 5) is 51.0. The van der Waals surface area contributed by atoms with Gasteiger partial charge in [0.05, 0.1) is 22.9 Å². The smallest absolute Gasteiger partial charge is 0.407 e. The Balaban J connectivity index is 1.78. The highest BCUT2D eigenvalue weighted by Gasteiger charge is 2.33. The fourth-order valence-electron chi connectivity index (χ4n) is 3.21. The fraction of sp³-hybridized carbons (Fsp3) is 0.333. The van der Waals surface area contributed by atoms with E-state index in [-0.39, 0.29) is 28.0 Å². The molecule has 10 nitrogen and oxygen atoms in total. The second-order valence-electron chi connectivity index (χ2n) is 7.10. The third-order valence-electron chi connectivity index (χ3n) is 4.90. The quantitative estimate of drug-likeness (QED) is 0.506. The highest BCUT2D eigenvalue weighted by atomic mass is 35.5. The van der Waals surface area contributed by atoms with Gasteiger partial charge in [-0.05, 0) is 36.4 Å². The molecular weight excluding hydrogens is 510 g/mol. The molecule has 0 bridgehead atoms. The first-order chi connectivity index (χ1) is 16.7. The van der Waals surface area contributed by atoms with Crippen molar-refractivity contribution in [2.45, 2.75) is 12.6 Å². The molecule has 1 aliphatic rings. The van der Waals surface area contributed by atoms with Crippen LogP contribution in [-0.4, -0.2) is 69.8 Å². The van der Waals surface area contributed by atoms with E-state index in [2.05, 4.69) is 15.4 Å². The van der Waals surface area contributed by atoms with Gasteiger partial charge >= 0.3 is 12.6 Å². The average Bonchev–Trinajstić information content (AvgIpc) is 3.28. The average molecular weight is 531 g/mol. The molecular formula is C21H21ClF2N4O6S. The van der Waals surface area contributed by atoms with Gasteiger partial charge in [-0.2, -0.15) is 8.78 Å². The number of thiophene rings is 1. The maximum Gasteiger partial charge on any atom is 0.407 e. The number of hydrogen-bond acceptors (Lipinski definition) is 7. The summed E-state index contributed by atoms with van der Waals surface area (Å²) < 4.78 is 37.9. The number of ether oxygens (including phenoxy) is 2. The lowest BCUT2D eigenvalue weighted by Crippen LogP contribution is -2.55. The van der Waals surface area contributed by atoms with E-state index in [1.165, 1.54) is 41.3 Å². The Morgan fingerprint density at radius 1 is 1.23 bits per heavy atom. The van der Waals surface area contributed by atoms with E-state index >= 15 is 0 Å². The molecule has 0 radical (unpaired) electrons. The number of anilines is 2. The van der Waals surface area contributed by atoms with E-state index in [1.54, 1.807) is 0 Å². The summed E-state index contributed by atoms with van der Waals surface area (Å²) in [6.07, 6.45) is -1.05. The minimum absolute atomic E-state index is 0.0896. The van der Waals surface area contributed by atoms with Gasteiger partial charge in [-0.3, -0.25) is 19.3 Å². The number of hydrogen-bond donors (Lipinski definition) is 2. The number of amides is 4. The molecule has 3 rings (SSSR count). The van der Waals surface area contributed by atoms with E-state index in [0.717, 1.165) is 18.4 Å². The lowest BCUT2D eigenvalue weighted by molar-refractivity contribution is -0.125. The molecule has 0 unspecified atom stereocenters. The summed E-state index contributed by atoms with van der Waals surface area (Å²) >= 11 is 6.80. The summed E-state index contributed by atoms with van der Waals surface area (Å²) in [6.45, 7) is -3.22. The third kappa shape index (κ3) is 6.65. The number of carbonyl (C=O) groups excluding carboxylic acids is 4. The summed E-state index contributed by atoms with van der Waals surface area (Å²) in [7, 11) is 1.04. The van der Waals surface area contributed by atoms with Crippen LogP contribution in [0.2, 0.25) is 4.34 Å². The van der Waals surface area contributed by atoms with Crippen molar-refractivity contribution < 1.29 is 37.4 Å². The Kier molecular flexibility index (Phi) is 8.95. The van der Waals surface area contributed by atoms with Crippen LogP contribution in [0, 0.1) is 0 Å². The SMILES string of the molecule is COC(=O)N[C@H](CNC(=O)c1ccc(Cl)s1)C(=O)N(c1ccc(N2CCOCC2=O)cc1)C(F)F. The summed E-state index contributed by atoms with van der Waals surface area (Å²) in [5.74, 6) is -2.07. The molecule has 1 aromatic carbocycles. The molecule has 1 atom stereocenters. The number of carbonyl (C=O) groups is 4. The predicted molar refractivity (Wildman–Crippen MR) is 124 cm³/mol. The molecule has 1 fully saturated rings. The van der Waals surface area contributed by atoms with Gasteiger partial charge in [-0.15, -0.1) is 11.3 Å². The number of morpholine rings is 1. The van der Waals surface area contributed by atoms with Crippen LogP contribution >= 0.6 is 22.9 Å². The zero-order valence-corrected chi connectivity index (χ0v) is 19.9. The molecule has 0 saturated carbocycles. The van der Waals surface area contributed by atoms with E-state index in [4.69, 9.17) is 16.3 Å². The second-order valence-corrected chi connectivity index (χ2v) is 8.82. The molecule has 0 aliphatic carbocycles. The molecule has 35 heavy (non-hydrogen) atoms. The van der Waals surface area contributed by atoms with Crippen molar-refractivity contribution in [2.24, 2.45) is 0 Å². The van der Waals surface area contributed by atoms with Crippen LogP contribution in [0.15, 0.2) is 36.4 Å². The van der Waals surface area contributed by atoms with Crippen molar-refractivity contribution in [1.82, 2.24) is 10.6 Å². The monoisotopic (exact) mass is 530 g/mol. The van der Waals surface area contributed by atoms with Crippen molar-refractivity contribution >= 4 is 58.1 Å². The van der Waals surface area contributed by atoms with Gasteiger partial charge in [0.15, 0.2) is 0 Å². The van der Waals surface area contributed by atoms with E-state index in [1.807, 2.05) is 0 Å². The maximum absolute atomic E-state index is 14.0. The minimum Gasteiger partial charge on any atom is -0.453 e. The molecule has 2 aromatic rings. The Morgan fingerprint density at radius 2 is 1.94 bits per heavy atom. The van der Waals surface area contributed by atoms with Crippen LogP contribution in [0.3, 0.4) is 0 Å². The molecule has 1 saturated heterocycles. The van der Waals surface area contributed by atoms with Gasteiger partial charge < -0.3 is 25.0 Å². The highest BCUT2D eigenvalue weighted by Crippen LogP contribution is 2.25. The molecule has 2 heterocycles. The topological polar surface area (TPSA) is 117 Å². The first kappa shape index (κ1) is 26.3. The number of alkyl halides is 2. The number of nitrogens with one attached hydrogen (secondary N) is 2. The summed E-state index contributed by atoms with van der Waals surface area (Å²) in [5.41, 5.74) is 0.275.